The van der Waals surface area contributed by atoms with Crippen LogP contribution in [0, 0.1) is 27.4 Å². The van der Waals surface area contributed by atoms with Crippen molar-refractivity contribution < 1.29 is 23.6 Å². The molecule has 1 aromatic carbocycles. The van der Waals surface area contributed by atoms with Crippen LogP contribution in [0.5, 0.6) is 11.6 Å². The van der Waals surface area contributed by atoms with Gasteiger partial charge in [0.05, 0.1) is 34.4 Å². The number of carbonyl (C=O) groups is 1. The minimum Gasteiger partial charge on any atom is -0.495 e. The Morgan fingerprint density at radius 3 is 2.79 bits per heavy atom. The Kier molecular flexibility index (Phi) is 5.26. The molecule has 3 rings (SSSR count). The molecule has 1 saturated heterocycles. The van der Waals surface area contributed by atoms with E-state index in [9.17, 15) is 24.6 Å². The number of amides is 1. The summed E-state index contributed by atoms with van der Waals surface area (Å²) in [6.45, 7) is 1.73. The van der Waals surface area contributed by atoms with Gasteiger partial charge in [-0.15, -0.1) is 0 Å². The Labute approximate surface area is 159 Å². The lowest BCUT2D eigenvalue weighted by Gasteiger charge is -2.18. The molecule has 1 amide bonds. The molecule has 146 valence electrons. The topological polar surface area (TPSA) is 127 Å². The van der Waals surface area contributed by atoms with E-state index in [0.717, 1.165) is 6.20 Å². The van der Waals surface area contributed by atoms with Crippen molar-refractivity contribution in [3.63, 3.8) is 0 Å². The molecule has 0 spiro atoms. The van der Waals surface area contributed by atoms with Crippen LogP contribution in [0.15, 0.2) is 18.3 Å². The first kappa shape index (κ1) is 19.3. The molecule has 0 aliphatic carbocycles. The molecule has 1 aliphatic heterocycles. The van der Waals surface area contributed by atoms with Crippen LogP contribution in [-0.4, -0.2) is 41.7 Å². The number of nitrogens with one attached hydrogen (secondary N) is 1. The normalized spacial score (nSPS) is 21.2. The molecule has 1 unspecified atom stereocenters. The van der Waals surface area contributed by atoms with E-state index in [1.54, 1.807) is 6.92 Å². The number of nitrogens with zero attached hydrogens (tertiary/aromatic N) is 3. The van der Waals surface area contributed by atoms with Crippen LogP contribution in [-0.2, 0) is 4.79 Å². The second-order valence-corrected chi connectivity index (χ2v) is 6.32. The number of nitriles is 1. The summed E-state index contributed by atoms with van der Waals surface area (Å²) in [6, 6.07) is 4.16. The van der Waals surface area contributed by atoms with Gasteiger partial charge >= 0.3 is 0 Å². The van der Waals surface area contributed by atoms with E-state index in [4.69, 9.17) is 9.47 Å². The van der Waals surface area contributed by atoms with Gasteiger partial charge in [-0.3, -0.25) is 14.9 Å². The van der Waals surface area contributed by atoms with Crippen LogP contribution in [0.3, 0.4) is 0 Å². The largest absolute Gasteiger partial charge is 0.495 e. The molecule has 1 fully saturated rings. The Bertz CT molecular complexity index is 990. The van der Waals surface area contributed by atoms with Crippen molar-refractivity contribution in [3.05, 3.63) is 34.0 Å². The number of methoxy groups -OCH3 is 1. The SMILES string of the molecule is CC[C@H]1C(COc2ncc([N+](=O)[O-])c3cc(C#N)c(OC)cc23)NC(=O)[C@H]1F. The molecule has 1 aliphatic rings. The first-order valence-corrected chi connectivity index (χ1v) is 8.53. The molecule has 2 heterocycles. The highest BCUT2D eigenvalue weighted by molar-refractivity contribution is 5.96. The van der Waals surface area contributed by atoms with Crippen LogP contribution in [0.1, 0.15) is 18.9 Å². The van der Waals surface area contributed by atoms with Crippen molar-refractivity contribution >= 4 is 22.4 Å². The van der Waals surface area contributed by atoms with Gasteiger partial charge in [0.2, 0.25) is 5.88 Å². The molecule has 1 aromatic heterocycles. The van der Waals surface area contributed by atoms with E-state index in [0.29, 0.717) is 6.42 Å². The minimum absolute atomic E-state index is 0.0487. The number of nitro groups is 1. The number of fused-ring (bicyclic) bond motifs is 1. The second-order valence-electron chi connectivity index (χ2n) is 6.32. The molecule has 2 aromatic rings. The maximum absolute atomic E-state index is 13.9. The lowest BCUT2D eigenvalue weighted by Crippen LogP contribution is -2.34. The molecular formula is C18H17FN4O5. The predicted octanol–water partition coefficient (Wildman–Crippen LogP) is 2.26. The molecule has 1 N–H and O–H groups in total. The standard InChI is InChI=1S/C18H17FN4O5/c1-3-10-13(22-17(24)16(10)19)8-28-18-12-5-15(27-2)9(6-20)4-11(12)14(7-21-18)23(25)26/h4-5,7,10,13,16H,3,8H2,1-2H3,(H,22,24)/t10-,13?,16-/m0/s1. The monoisotopic (exact) mass is 388 g/mol. The van der Waals surface area contributed by atoms with Crippen molar-refractivity contribution in [2.45, 2.75) is 25.6 Å². The molecule has 0 radical (unpaired) electrons. The fourth-order valence-corrected chi connectivity index (χ4v) is 3.34. The van der Waals surface area contributed by atoms with Gasteiger partial charge in [-0.1, -0.05) is 6.92 Å². The van der Waals surface area contributed by atoms with Gasteiger partial charge in [0.1, 0.15) is 24.6 Å². The summed E-state index contributed by atoms with van der Waals surface area (Å²) < 4.78 is 24.8. The van der Waals surface area contributed by atoms with E-state index in [1.165, 1.54) is 19.2 Å². The number of alkyl halides is 1. The minimum atomic E-state index is -1.60. The van der Waals surface area contributed by atoms with Crippen molar-refractivity contribution in [3.8, 4) is 17.7 Å². The zero-order valence-corrected chi connectivity index (χ0v) is 15.1. The molecule has 28 heavy (non-hydrogen) atoms. The lowest BCUT2D eigenvalue weighted by atomic mass is 9.97. The third-order valence-electron chi connectivity index (χ3n) is 4.81. The molecule has 10 heteroatoms. The number of hydrogen-bond donors (Lipinski definition) is 1. The molecule has 3 atom stereocenters. The van der Waals surface area contributed by atoms with Gasteiger partial charge in [0.25, 0.3) is 11.6 Å². The van der Waals surface area contributed by atoms with Crippen molar-refractivity contribution in [1.29, 1.82) is 5.26 Å². The average molecular weight is 388 g/mol. The maximum atomic E-state index is 13.9. The molecule has 9 nitrogen and oxygen atoms in total. The first-order chi connectivity index (χ1) is 13.4. The number of halogens is 1. The number of carbonyl (C=O) groups excluding carboxylic acids is 1. The zero-order chi connectivity index (χ0) is 20.4. The fourth-order valence-electron chi connectivity index (χ4n) is 3.34. The predicted molar refractivity (Wildman–Crippen MR) is 95.8 cm³/mol. The summed E-state index contributed by atoms with van der Waals surface area (Å²) in [4.78, 5) is 26.3. The summed E-state index contributed by atoms with van der Waals surface area (Å²) in [6.07, 6.45) is -0.117. The summed E-state index contributed by atoms with van der Waals surface area (Å²) >= 11 is 0. The van der Waals surface area contributed by atoms with Gasteiger partial charge < -0.3 is 14.8 Å². The first-order valence-electron chi connectivity index (χ1n) is 8.53. The lowest BCUT2D eigenvalue weighted by molar-refractivity contribution is -0.383. The van der Waals surface area contributed by atoms with Crippen molar-refractivity contribution in [2.24, 2.45) is 5.92 Å². The Morgan fingerprint density at radius 2 is 2.18 bits per heavy atom. The summed E-state index contributed by atoms with van der Waals surface area (Å²) in [7, 11) is 1.37. The van der Waals surface area contributed by atoms with E-state index < -0.39 is 29.0 Å². The summed E-state index contributed by atoms with van der Waals surface area (Å²) in [5.41, 5.74) is -0.157. The number of hydrogen-bond acceptors (Lipinski definition) is 7. The van der Waals surface area contributed by atoms with Gasteiger partial charge in [-0.25, -0.2) is 9.37 Å². The second kappa shape index (κ2) is 7.64. The van der Waals surface area contributed by atoms with Crippen molar-refractivity contribution in [2.75, 3.05) is 13.7 Å². The Balaban J connectivity index is 2.00. The van der Waals surface area contributed by atoms with E-state index >= 15 is 0 Å². The van der Waals surface area contributed by atoms with Crippen LogP contribution in [0.2, 0.25) is 0 Å². The Morgan fingerprint density at radius 1 is 1.43 bits per heavy atom. The summed E-state index contributed by atoms with van der Waals surface area (Å²) in [5, 5.41) is 23.6. The molecule has 0 saturated carbocycles. The third-order valence-corrected chi connectivity index (χ3v) is 4.81. The Hall–Kier alpha value is -3.48. The fraction of sp³-hybridized carbons (Fsp3) is 0.389. The number of ether oxygens (including phenoxy) is 2. The smallest absolute Gasteiger partial charge is 0.295 e. The van der Waals surface area contributed by atoms with Crippen LogP contribution >= 0.6 is 0 Å². The zero-order valence-electron chi connectivity index (χ0n) is 15.1. The quantitative estimate of drug-likeness (QED) is 0.594. The molecular weight excluding hydrogens is 371 g/mol. The number of aromatic nitrogens is 1. The highest BCUT2D eigenvalue weighted by Gasteiger charge is 2.41. The summed E-state index contributed by atoms with van der Waals surface area (Å²) in [5.74, 6) is -0.930. The van der Waals surface area contributed by atoms with Crippen LogP contribution in [0.25, 0.3) is 10.8 Å². The number of pyridine rings is 1. The van der Waals surface area contributed by atoms with E-state index in [1.807, 2.05) is 6.07 Å². The van der Waals surface area contributed by atoms with Gasteiger partial charge in [-0.05, 0) is 18.6 Å². The molecule has 0 bridgehead atoms. The third kappa shape index (κ3) is 3.26. The number of rotatable bonds is 6. The van der Waals surface area contributed by atoms with Gasteiger partial charge in [-0.2, -0.15) is 5.26 Å². The maximum Gasteiger partial charge on any atom is 0.295 e. The van der Waals surface area contributed by atoms with Gasteiger partial charge in [0, 0.05) is 5.92 Å². The average Bonchev–Trinajstić information content (AvgIpc) is 2.97. The van der Waals surface area contributed by atoms with Crippen LogP contribution < -0.4 is 14.8 Å². The van der Waals surface area contributed by atoms with E-state index in [-0.39, 0.29) is 40.3 Å². The van der Waals surface area contributed by atoms with Crippen LogP contribution in [0.4, 0.5) is 10.1 Å². The van der Waals surface area contributed by atoms with Gasteiger partial charge in [0.15, 0.2) is 6.17 Å². The highest BCUT2D eigenvalue weighted by atomic mass is 19.1. The van der Waals surface area contributed by atoms with E-state index in [2.05, 4.69) is 10.3 Å². The number of benzene rings is 1. The highest BCUT2D eigenvalue weighted by Crippen LogP contribution is 2.36. The van der Waals surface area contributed by atoms with Crippen molar-refractivity contribution in [1.82, 2.24) is 10.3 Å².